The van der Waals surface area contributed by atoms with Crippen molar-refractivity contribution in [3.05, 3.63) is 54.1 Å². The summed E-state index contributed by atoms with van der Waals surface area (Å²) in [7, 11) is 0. The number of phenols is 1. The average molecular weight is 280 g/mol. The molecule has 21 heavy (non-hydrogen) atoms. The number of esters is 1. The molecule has 1 N–H and O–H groups in total. The Morgan fingerprint density at radius 2 is 1.67 bits per heavy atom. The summed E-state index contributed by atoms with van der Waals surface area (Å²) < 4.78 is 5.15. The molecular weight excluding hydrogens is 264 g/mol. The van der Waals surface area contributed by atoms with Gasteiger partial charge >= 0.3 is 5.97 Å². The van der Waals surface area contributed by atoms with E-state index in [1.54, 1.807) is 19.9 Å². The summed E-state index contributed by atoms with van der Waals surface area (Å²) in [4.78, 5) is 12.0. The first-order valence-corrected chi connectivity index (χ1v) is 6.92. The zero-order valence-corrected chi connectivity index (χ0v) is 12.0. The number of phenolic OH excluding ortho intramolecular Hbond substituents is 1. The quantitative estimate of drug-likeness (QED) is 0.563. The number of ether oxygens (including phenoxy) is 1. The zero-order valence-electron chi connectivity index (χ0n) is 12.0. The molecule has 3 nitrogen and oxygen atoms in total. The van der Waals surface area contributed by atoms with Crippen LogP contribution >= 0.6 is 0 Å². The van der Waals surface area contributed by atoms with Crippen LogP contribution in [0.25, 0.3) is 21.5 Å². The molecule has 0 spiro atoms. The van der Waals surface area contributed by atoms with Gasteiger partial charge in [0, 0.05) is 5.39 Å². The molecule has 3 aromatic rings. The number of carbonyl (C=O) groups excluding carboxylic acids is 1. The van der Waals surface area contributed by atoms with Crippen LogP contribution in [-0.2, 0) is 4.74 Å². The largest absolute Gasteiger partial charge is 0.506 e. The fourth-order valence-corrected chi connectivity index (χ4v) is 2.51. The predicted octanol–water partition coefficient (Wildman–Crippen LogP) is 4.26. The van der Waals surface area contributed by atoms with Crippen molar-refractivity contribution < 1.29 is 14.6 Å². The monoisotopic (exact) mass is 280 g/mol. The third-order valence-electron chi connectivity index (χ3n) is 3.46. The van der Waals surface area contributed by atoms with Crippen molar-refractivity contribution in [1.29, 1.82) is 0 Å². The molecule has 0 atom stereocenters. The maximum Gasteiger partial charge on any atom is 0.342 e. The number of hydrogen-bond acceptors (Lipinski definition) is 3. The van der Waals surface area contributed by atoms with E-state index in [1.807, 2.05) is 42.5 Å². The second-order valence-electron chi connectivity index (χ2n) is 5.30. The average Bonchev–Trinajstić information content (AvgIpc) is 2.46. The highest BCUT2D eigenvalue weighted by atomic mass is 16.5. The number of hydrogen-bond donors (Lipinski definition) is 1. The van der Waals surface area contributed by atoms with Crippen LogP contribution < -0.4 is 0 Å². The van der Waals surface area contributed by atoms with Crippen LogP contribution in [0.2, 0.25) is 0 Å². The number of carbonyl (C=O) groups is 1. The molecule has 0 heterocycles. The van der Waals surface area contributed by atoms with Crippen molar-refractivity contribution in [2.24, 2.45) is 0 Å². The van der Waals surface area contributed by atoms with Crippen LogP contribution in [0.3, 0.4) is 0 Å². The lowest BCUT2D eigenvalue weighted by atomic mass is 9.99. The van der Waals surface area contributed by atoms with Gasteiger partial charge in [-0.1, -0.05) is 36.4 Å². The molecular formula is C18H16O3. The summed E-state index contributed by atoms with van der Waals surface area (Å²) in [6.45, 7) is 3.56. The molecule has 3 aromatic carbocycles. The molecule has 0 bridgehead atoms. The van der Waals surface area contributed by atoms with Gasteiger partial charge < -0.3 is 9.84 Å². The van der Waals surface area contributed by atoms with Gasteiger partial charge in [0.2, 0.25) is 0 Å². The predicted molar refractivity (Wildman–Crippen MR) is 83.7 cm³/mol. The minimum atomic E-state index is -0.502. The van der Waals surface area contributed by atoms with E-state index in [0.717, 1.165) is 16.2 Å². The molecule has 0 aliphatic carbocycles. The highest BCUT2D eigenvalue weighted by Crippen LogP contribution is 2.34. The van der Waals surface area contributed by atoms with E-state index >= 15 is 0 Å². The lowest BCUT2D eigenvalue weighted by Gasteiger charge is -2.11. The van der Waals surface area contributed by atoms with Crippen molar-refractivity contribution in [3.63, 3.8) is 0 Å². The topological polar surface area (TPSA) is 46.5 Å². The third kappa shape index (κ3) is 2.31. The summed E-state index contributed by atoms with van der Waals surface area (Å²) in [5.41, 5.74) is 0.200. The molecule has 0 saturated carbocycles. The van der Waals surface area contributed by atoms with E-state index in [-0.39, 0.29) is 17.4 Å². The minimum Gasteiger partial charge on any atom is -0.506 e. The van der Waals surface area contributed by atoms with Gasteiger partial charge in [-0.3, -0.25) is 0 Å². The fraction of sp³-hybridized carbons (Fsp3) is 0.167. The maximum atomic E-state index is 12.0. The molecule has 0 aromatic heterocycles. The lowest BCUT2D eigenvalue weighted by molar-refractivity contribution is 0.0375. The fourth-order valence-electron chi connectivity index (χ4n) is 2.51. The normalized spacial score (nSPS) is 11.2. The highest BCUT2D eigenvalue weighted by Gasteiger charge is 2.17. The van der Waals surface area contributed by atoms with Gasteiger partial charge in [0.25, 0.3) is 0 Å². The summed E-state index contributed by atoms with van der Waals surface area (Å²) in [6.07, 6.45) is -0.218. The standard InChI is InChI=1S/C18H16O3/c1-11(2)21-18(20)16-10-9-14-13-6-4-3-5-12(13)7-8-15(14)17(16)19/h3-11,19H,1-2H3. The molecule has 0 radical (unpaired) electrons. The number of fused-ring (bicyclic) bond motifs is 3. The van der Waals surface area contributed by atoms with Crippen LogP contribution in [-0.4, -0.2) is 17.2 Å². The van der Waals surface area contributed by atoms with Crippen molar-refractivity contribution in [3.8, 4) is 5.75 Å². The number of benzene rings is 3. The van der Waals surface area contributed by atoms with E-state index in [4.69, 9.17) is 4.74 Å². The van der Waals surface area contributed by atoms with Crippen LogP contribution in [0.4, 0.5) is 0 Å². The Kier molecular flexibility index (Phi) is 3.26. The van der Waals surface area contributed by atoms with Crippen molar-refractivity contribution in [2.75, 3.05) is 0 Å². The molecule has 0 amide bonds. The Hall–Kier alpha value is -2.55. The van der Waals surface area contributed by atoms with Gasteiger partial charge in [-0.25, -0.2) is 4.79 Å². The second-order valence-corrected chi connectivity index (χ2v) is 5.30. The van der Waals surface area contributed by atoms with Gasteiger partial charge in [-0.2, -0.15) is 0 Å². The van der Waals surface area contributed by atoms with Crippen molar-refractivity contribution in [2.45, 2.75) is 20.0 Å². The van der Waals surface area contributed by atoms with Gasteiger partial charge in [-0.05, 0) is 42.1 Å². The van der Waals surface area contributed by atoms with Gasteiger partial charge in [0.15, 0.2) is 0 Å². The van der Waals surface area contributed by atoms with E-state index in [1.165, 1.54) is 0 Å². The van der Waals surface area contributed by atoms with Crippen molar-refractivity contribution >= 4 is 27.5 Å². The van der Waals surface area contributed by atoms with Gasteiger partial charge in [-0.15, -0.1) is 0 Å². The summed E-state index contributed by atoms with van der Waals surface area (Å²) in [6, 6.07) is 15.2. The zero-order chi connectivity index (χ0) is 15.0. The maximum absolute atomic E-state index is 12.0. The Morgan fingerprint density at radius 1 is 0.952 bits per heavy atom. The van der Waals surface area contributed by atoms with Crippen LogP contribution in [0, 0.1) is 0 Å². The third-order valence-corrected chi connectivity index (χ3v) is 3.46. The van der Waals surface area contributed by atoms with E-state index in [9.17, 15) is 9.90 Å². The number of rotatable bonds is 2. The summed E-state index contributed by atoms with van der Waals surface area (Å²) in [5, 5.41) is 14.1. The number of aromatic hydroxyl groups is 1. The van der Waals surface area contributed by atoms with E-state index < -0.39 is 5.97 Å². The van der Waals surface area contributed by atoms with Crippen LogP contribution in [0.15, 0.2) is 48.5 Å². The lowest BCUT2D eigenvalue weighted by Crippen LogP contribution is -2.11. The highest BCUT2D eigenvalue weighted by molar-refractivity contribution is 6.12. The minimum absolute atomic E-state index is 0.0242. The molecule has 0 saturated heterocycles. The Morgan fingerprint density at radius 3 is 2.43 bits per heavy atom. The van der Waals surface area contributed by atoms with E-state index in [2.05, 4.69) is 0 Å². The first kappa shape index (κ1) is 13.4. The second kappa shape index (κ2) is 5.09. The summed E-state index contributed by atoms with van der Waals surface area (Å²) in [5.74, 6) is -0.526. The first-order chi connectivity index (χ1) is 10.1. The Labute approximate surface area is 122 Å². The molecule has 0 aliphatic rings. The van der Waals surface area contributed by atoms with Crippen LogP contribution in [0.5, 0.6) is 5.75 Å². The first-order valence-electron chi connectivity index (χ1n) is 6.92. The molecule has 3 rings (SSSR count). The Balaban J connectivity index is 2.22. The SMILES string of the molecule is CC(C)OC(=O)c1ccc2c(ccc3ccccc32)c1O. The molecule has 0 aliphatic heterocycles. The van der Waals surface area contributed by atoms with Crippen LogP contribution in [0.1, 0.15) is 24.2 Å². The summed E-state index contributed by atoms with van der Waals surface area (Å²) >= 11 is 0. The van der Waals surface area contributed by atoms with Crippen molar-refractivity contribution in [1.82, 2.24) is 0 Å². The van der Waals surface area contributed by atoms with E-state index in [0.29, 0.717) is 5.39 Å². The smallest absolute Gasteiger partial charge is 0.342 e. The molecule has 0 fully saturated rings. The van der Waals surface area contributed by atoms with Gasteiger partial charge in [0.05, 0.1) is 6.10 Å². The molecule has 106 valence electrons. The Bertz CT molecular complexity index is 834. The molecule has 0 unspecified atom stereocenters. The van der Waals surface area contributed by atoms with Gasteiger partial charge in [0.1, 0.15) is 11.3 Å². The molecule has 3 heteroatoms.